The van der Waals surface area contributed by atoms with E-state index >= 15 is 0 Å². The second kappa shape index (κ2) is 10.2. The van der Waals surface area contributed by atoms with E-state index in [4.69, 9.17) is 0 Å². The number of aliphatic hydroxyl groups is 1. The van der Waals surface area contributed by atoms with Crippen molar-refractivity contribution < 1.29 is 9.90 Å². The summed E-state index contributed by atoms with van der Waals surface area (Å²) in [6.07, 6.45) is 15.4. The van der Waals surface area contributed by atoms with Crippen molar-refractivity contribution in [3.05, 3.63) is 12.2 Å². The number of hydrogen-bond donors (Lipinski definition) is 1. The molecule has 0 amide bonds. The summed E-state index contributed by atoms with van der Waals surface area (Å²) in [6, 6.07) is 0. The zero-order valence-electron chi connectivity index (χ0n) is 12.4. The maximum atomic E-state index is 11.7. The lowest BCUT2D eigenvalue weighted by Crippen LogP contribution is -2.20. The quantitative estimate of drug-likeness (QED) is 0.495. The van der Waals surface area contributed by atoms with E-state index in [9.17, 15) is 9.90 Å². The monoisotopic (exact) mass is 266 g/mol. The van der Waals surface area contributed by atoms with E-state index in [1.54, 1.807) is 12.2 Å². The van der Waals surface area contributed by atoms with Crippen molar-refractivity contribution in [1.29, 1.82) is 0 Å². The molecule has 110 valence electrons. The van der Waals surface area contributed by atoms with Gasteiger partial charge in [0.15, 0.2) is 5.78 Å². The molecule has 1 saturated carbocycles. The molecule has 0 saturated heterocycles. The van der Waals surface area contributed by atoms with Crippen LogP contribution < -0.4 is 0 Å². The van der Waals surface area contributed by atoms with Crippen LogP contribution in [-0.4, -0.2) is 17.0 Å². The molecule has 0 aromatic carbocycles. The molecule has 1 unspecified atom stereocenters. The zero-order chi connectivity index (χ0) is 13.9. The number of rotatable bonds is 9. The van der Waals surface area contributed by atoms with Gasteiger partial charge in [-0.15, -0.1) is 0 Å². The summed E-state index contributed by atoms with van der Waals surface area (Å²) in [6.45, 7) is 2.19. The molecule has 2 nitrogen and oxygen atoms in total. The summed E-state index contributed by atoms with van der Waals surface area (Å²) in [5.74, 6) is 0.550. The Morgan fingerprint density at radius 3 is 2.53 bits per heavy atom. The lowest BCUT2D eigenvalue weighted by Gasteiger charge is -2.24. The van der Waals surface area contributed by atoms with E-state index in [1.165, 1.54) is 38.5 Å². The molecule has 1 rings (SSSR count). The van der Waals surface area contributed by atoms with Crippen LogP contribution in [0.5, 0.6) is 0 Å². The van der Waals surface area contributed by atoms with Gasteiger partial charge in [-0.1, -0.05) is 57.9 Å². The Morgan fingerprint density at radius 2 is 1.84 bits per heavy atom. The number of carbonyl (C=O) groups is 1. The Balaban J connectivity index is 2.13. The van der Waals surface area contributed by atoms with Gasteiger partial charge in [0.1, 0.15) is 0 Å². The summed E-state index contributed by atoms with van der Waals surface area (Å²) in [5, 5.41) is 10.0. The predicted molar refractivity (Wildman–Crippen MR) is 80.1 cm³/mol. The first-order valence-electron chi connectivity index (χ1n) is 8.13. The Labute approximate surface area is 118 Å². The molecule has 1 atom stereocenters. The fourth-order valence-corrected chi connectivity index (χ4v) is 2.82. The second-order valence-electron chi connectivity index (χ2n) is 5.88. The highest BCUT2D eigenvalue weighted by molar-refractivity contribution is 5.89. The van der Waals surface area contributed by atoms with Crippen molar-refractivity contribution in [1.82, 2.24) is 0 Å². The Kier molecular flexibility index (Phi) is 8.81. The third kappa shape index (κ3) is 7.51. The number of carbonyl (C=O) groups excluding carboxylic acids is 1. The molecule has 1 aliphatic rings. The third-order valence-electron chi connectivity index (χ3n) is 4.14. The molecular formula is C17H30O2. The third-order valence-corrected chi connectivity index (χ3v) is 4.14. The highest BCUT2D eigenvalue weighted by atomic mass is 16.3. The molecule has 0 bridgehead atoms. The molecule has 0 aliphatic heterocycles. The number of hydrogen-bond acceptors (Lipinski definition) is 2. The molecule has 0 aromatic rings. The van der Waals surface area contributed by atoms with Gasteiger partial charge in [-0.05, 0) is 31.3 Å². The van der Waals surface area contributed by atoms with Crippen LogP contribution in [0.3, 0.4) is 0 Å². The van der Waals surface area contributed by atoms with E-state index in [2.05, 4.69) is 6.92 Å². The number of unbranched alkanes of at least 4 members (excludes halogenated alkanes) is 4. The number of aliphatic hydroxyl groups excluding tert-OH is 1. The molecule has 1 N–H and O–H groups in total. The van der Waals surface area contributed by atoms with Crippen molar-refractivity contribution in [2.75, 3.05) is 0 Å². The van der Waals surface area contributed by atoms with Crippen LogP contribution in [0.4, 0.5) is 0 Å². The van der Waals surface area contributed by atoms with Gasteiger partial charge in [-0.25, -0.2) is 0 Å². The molecule has 0 heterocycles. The van der Waals surface area contributed by atoms with Crippen LogP contribution in [-0.2, 0) is 4.79 Å². The fraction of sp³-hybridized carbons (Fsp3) is 0.824. The van der Waals surface area contributed by atoms with Gasteiger partial charge in [0, 0.05) is 6.42 Å². The topological polar surface area (TPSA) is 37.3 Å². The van der Waals surface area contributed by atoms with Crippen molar-refractivity contribution in [3.63, 3.8) is 0 Å². The van der Waals surface area contributed by atoms with E-state index in [0.717, 1.165) is 25.7 Å². The smallest absolute Gasteiger partial charge is 0.155 e. The average Bonchev–Trinajstić information content (AvgIpc) is 2.45. The highest BCUT2D eigenvalue weighted by Gasteiger charge is 2.19. The summed E-state index contributed by atoms with van der Waals surface area (Å²) in [7, 11) is 0. The van der Waals surface area contributed by atoms with Gasteiger partial charge in [0.2, 0.25) is 0 Å². The Morgan fingerprint density at radius 1 is 1.16 bits per heavy atom. The van der Waals surface area contributed by atoms with Gasteiger partial charge < -0.3 is 5.11 Å². The summed E-state index contributed by atoms with van der Waals surface area (Å²) in [4.78, 5) is 11.7. The van der Waals surface area contributed by atoms with E-state index in [0.29, 0.717) is 12.3 Å². The van der Waals surface area contributed by atoms with Crippen LogP contribution in [0.1, 0.15) is 77.6 Å². The first-order chi connectivity index (χ1) is 9.24. The molecule has 2 heteroatoms. The van der Waals surface area contributed by atoms with E-state index in [-0.39, 0.29) is 5.78 Å². The minimum atomic E-state index is -0.413. The lowest BCUT2D eigenvalue weighted by atomic mass is 9.85. The maximum absolute atomic E-state index is 11.7. The zero-order valence-corrected chi connectivity index (χ0v) is 12.4. The maximum Gasteiger partial charge on any atom is 0.155 e. The average molecular weight is 266 g/mol. The number of ketones is 1. The first-order valence-corrected chi connectivity index (χ1v) is 8.13. The van der Waals surface area contributed by atoms with Crippen LogP contribution in [0, 0.1) is 5.92 Å². The standard InChI is InChI=1S/C17H30O2/c1-2-3-4-5-9-12-16(18)13-14-17(19)15-10-7-6-8-11-15/h13-15,17,19H,2-12H2,1H3/b14-13+. The van der Waals surface area contributed by atoms with Gasteiger partial charge in [0.25, 0.3) is 0 Å². The number of allylic oxidation sites excluding steroid dienone is 1. The molecule has 0 aromatic heterocycles. The van der Waals surface area contributed by atoms with E-state index < -0.39 is 6.10 Å². The van der Waals surface area contributed by atoms with Crippen LogP contribution in [0.25, 0.3) is 0 Å². The first kappa shape index (κ1) is 16.4. The fourth-order valence-electron chi connectivity index (χ4n) is 2.82. The van der Waals surface area contributed by atoms with Crippen LogP contribution in [0.2, 0.25) is 0 Å². The van der Waals surface area contributed by atoms with Crippen molar-refractivity contribution in [2.24, 2.45) is 5.92 Å². The molecule has 0 radical (unpaired) electrons. The molecule has 1 aliphatic carbocycles. The van der Waals surface area contributed by atoms with Crippen molar-refractivity contribution >= 4 is 5.78 Å². The minimum absolute atomic E-state index is 0.173. The largest absolute Gasteiger partial charge is 0.389 e. The molecule has 0 spiro atoms. The van der Waals surface area contributed by atoms with Gasteiger partial charge in [0.05, 0.1) is 6.10 Å². The summed E-state index contributed by atoms with van der Waals surface area (Å²) < 4.78 is 0. The van der Waals surface area contributed by atoms with Crippen LogP contribution in [0.15, 0.2) is 12.2 Å². The Hall–Kier alpha value is -0.630. The van der Waals surface area contributed by atoms with E-state index in [1.807, 2.05) is 0 Å². The van der Waals surface area contributed by atoms with Gasteiger partial charge in [-0.2, -0.15) is 0 Å². The Bertz CT molecular complexity index is 264. The van der Waals surface area contributed by atoms with Gasteiger partial charge in [-0.3, -0.25) is 4.79 Å². The predicted octanol–water partition coefficient (Wildman–Crippen LogP) is 4.41. The summed E-state index contributed by atoms with van der Waals surface area (Å²) in [5.41, 5.74) is 0. The molecule has 19 heavy (non-hydrogen) atoms. The minimum Gasteiger partial charge on any atom is -0.389 e. The van der Waals surface area contributed by atoms with Gasteiger partial charge >= 0.3 is 0 Å². The van der Waals surface area contributed by atoms with Crippen LogP contribution >= 0.6 is 0 Å². The SMILES string of the molecule is CCCCCCCC(=O)/C=C/C(O)C1CCCCC1. The highest BCUT2D eigenvalue weighted by Crippen LogP contribution is 2.26. The molecular weight excluding hydrogens is 236 g/mol. The second-order valence-corrected chi connectivity index (χ2v) is 5.88. The lowest BCUT2D eigenvalue weighted by molar-refractivity contribution is -0.114. The normalized spacial score (nSPS) is 18.8. The van der Waals surface area contributed by atoms with Crippen molar-refractivity contribution in [2.45, 2.75) is 83.7 Å². The molecule has 1 fully saturated rings. The van der Waals surface area contributed by atoms with Crippen molar-refractivity contribution in [3.8, 4) is 0 Å². The summed E-state index contributed by atoms with van der Waals surface area (Å²) >= 11 is 0.